The van der Waals surface area contributed by atoms with E-state index in [0.29, 0.717) is 50.4 Å². The van der Waals surface area contributed by atoms with Crippen molar-refractivity contribution in [3.05, 3.63) is 88.1 Å². The van der Waals surface area contributed by atoms with Crippen LogP contribution < -0.4 is 21.7 Å². The third-order valence-corrected chi connectivity index (χ3v) is 9.49. The molecule has 1 aliphatic carbocycles. The van der Waals surface area contributed by atoms with Crippen molar-refractivity contribution in [1.82, 2.24) is 10.3 Å². The monoisotopic (exact) mass is 603 g/mol. The van der Waals surface area contributed by atoms with E-state index >= 15 is 0 Å². The van der Waals surface area contributed by atoms with E-state index in [1.54, 1.807) is 6.20 Å². The minimum absolute atomic E-state index is 0.0177. The topological polar surface area (TPSA) is 118 Å². The minimum atomic E-state index is -0.662. The zero-order valence-electron chi connectivity index (χ0n) is 24.9. The van der Waals surface area contributed by atoms with Gasteiger partial charge in [0.15, 0.2) is 0 Å². The van der Waals surface area contributed by atoms with Crippen molar-refractivity contribution in [2.45, 2.75) is 69.4 Å². The van der Waals surface area contributed by atoms with E-state index < -0.39 is 23.1 Å². The van der Waals surface area contributed by atoms with Crippen molar-refractivity contribution in [2.24, 2.45) is 11.7 Å². The van der Waals surface area contributed by atoms with Gasteiger partial charge in [-0.15, -0.1) is 0 Å². The van der Waals surface area contributed by atoms with Crippen LogP contribution in [0, 0.1) is 17.6 Å². The molecule has 1 fully saturated rings. The highest BCUT2D eigenvalue weighted by molar-refractivity contribution is 6.08. The second-order valence-corrected chi connectivity index (χ2v) is 12.3. The van der Waals surface area contributed by atoms with Crippen LogP contribution in [-0.2, 0) is 39.0 Å². The molecule has 6 rings (SSSR count). The van der Waals surface area contributed by atoms with Gasteiger partial charge in [0.25, 0.3) is 0 Å². The Kier molecular flexibility index (Phi) is 8.75. The van der Waals surface area contributed by atoms with Crippen LogP contribution in [0.2, 0.25) is 0 Å². The summed E-state index contributed by atoms with van der Waals surface area (Å²) >= 11 is 0. The lowest BCUT2D eigenvalue weighted by Crippen LogP contribution is -2.42. The first-order valence-electron chi connectivity index (χ1n) is 15.5. The van der Waals surface area contributed by atoms with Gasteiger partial charge in [0.1, 0.15) is 17.5 Å². The molecule has 8 nitrogen and oxygen atoms in total. The summed E-state index contributed by atoms with van der Waals surface area (Å²) < 4.78 is 33.0. The van der Waals surface area contributed by atoms with Crippen molar-refractivity contribution < 1.29 is 23.1 Å². The standard InChI is InChI=1S/C34H39F2N5O3/c1-2-20-4-3-5-27-32(20)41-33(43)34(27)16-23-14-30(39-18-24(23)17-34)40-31(42)7-6-29(21-8-10-44-11-9-21)38-19-28(37)22-12-25(35)15-26(36)13-22/h3-5,12-15,18,21,28-29,38H,2,6-11,16-17,19,37H2,1H3,(H,41,43)(H,39,40,42). The number of ether oxygens (including phenoxy) is 1. The Morgan fingerprint density at radius 2 is 1.89 bits per heavy atom. The summed E-state index contributed by atoms with van der Waals surface area (Å²) in [4.78, 5) is 30.9. The third-order valence-electron chi connectivity index (χ3n) is 9.49. The highest BCUT2D eigenvalue weighted by atomic mass is 19.1. The van der Waals surface area contributed by atoms with E-state index in [4.69, 9.17) is 10.5 Å². The van der Waals surface area contributed by atoms with Crippen molar-refractivity contribution in [3.63, 3.8) is 0 Å². The lowest BCUT2D eigenvalue weighted by molar-refractivity contribution is -0.120. The average molecular weight is 604 g/mol. The van der Waals surface area contributed by atoms with Gasteiger partial charge in [0, 0.05) is 56.2 Å². The van der Waals surface area contributed by atoms with Crippen LogP contribution in [0.1, 0.15) is 66.5 Å². The quantitative estimate of drug-likeness (QED) is 0.267. The number of hydrogen-bond donors (Lipinski definition) is 4. The van der Waals surface area contributed by atoms with Gasteiger partial charge in [-0.2, -0.15) is 0 Å². The number of anilines is 2. The smallest absolute Gasteiger partial charge is 0.235 e. The molecule has 0 saturated carbocycles. The van der Waals surface area contributed by atoms with Crippen molar-refractivity contribution in [2.75, 3.05) is 30.4 Å². The first-order chi connectivity index (χ1) is 21.3. The molecule has 1 spiro atoms. The second-order valence-electron chi connectivity index (χ2n) is 12.3. The number of pyridine rings is 1. The van der Waals surface area contributed by atoms with Gasteiger partial charge in [0.2, 0.25) is 11.8 Å². The fourth-order valence-corrected chi connectivity index (χ4v) is 7.08. The number of halogens is 2. The maximum atomic E-state index is 13.7. The Morgan fingerprint density at radius 3 is 2.64 bits per heavy atom. The summed E-state index contributed by atoms with van der Waals surface area (Å²) in [6.07, 6.45) is 6.29. The number of carbonyl (C=O) groups excluding carboxylic acids is 2. The van der Waals surface area contributed by atoms with Gasteiger partial charge >= 0.3 is 0 Å². The number of para-hydroxylation sites is 1. The van der Waals surface area contributed by atoms with Crippen LogP contribution in [0.25, 0.3) is 0 Å². The molecule has 10 heteroatoms. The van der Waals surface area contributed by atoms with Crippen LogP contribution in [0.4, 0.5) is 20.3 Å². The summed E-state index contributed by atoms with van der Waals surface area (Å²) in [5.41, 5.74) is 11.2. The van der Waals surface area contributed by atoms with Gasteiger partial charge in [-0.05, 0) is 90.5 Å². The predicted octanol–water partition coefficient (Wildman–Crippen LogP) is 4.71. The number of hydrogen-bond acceptors (Lipinski definition) is 6. The Hall–Kier alpha value is -3.73. The zero-order valence-corrected chi connectivity index (χ0v) is 24.9. The molecule has 3 aromatic rings. The Labute approximate surface area is 256 Å². The van der Waals surface area contributed by atoms with Gasteiger partial charge in [0.05, 0.1) is 5.41 Å². The number of carbonyl (C=O) groups is 2. The lowest BCUT2D eigenvalue weighted by atomic mass is 9.78. The largest absolute Gasteiger partial charge is 0.381 e. The number of aryl methyl sites for hydroxylation is 1. The summed E-state index contributed by atoms with van der Waals surface area (Å²) in [5.74, 6) is -0.703. The molecule has 0 radical (unpaired) electrons. The summed E-state index contributed by atoms with van der Waals surface area (Å²) in [6, 6.07) is 10.7. The number of nitrogens with two attached hydrogens (primary N) is 1. The SMILES string of the molecule is CCc1cccc2c1NC(=O)C21Cc2cnc(NC(=O)CCC(NCC(N)c3cc(F)cc(F)c3)C3CCOCC3)cc2C1. The fourth-order valence-electron chi connectivity index (χ4n) is 7.08. The van der Waals surface area contributed by atoms with Crippen LogP contribution in [0.15, 0.2) is 48.7 Å². The number of nitrogens with zero attached hydrogens (tertiary/aromatic N) is 1. The molecule has 2 amide bonds. The number of rotatable bonds is 10. The summed E-state index contributed by atoms with van der Waals surface area (Å²) in [5, 5.41) is 9.55. The van der Waals surface area contributed by atoms with Crippen LogP contribution >= 0.6 is 0 Å². The van der Waals surface area contributed by atoms with E-state index in [0.717, 1.165) is 53.3 Å². The molecule has 3 atom stereocenters. The minimum Gasteiger partial charge on any atom is -0.381 e. The highest BCUT2D eigenvalue weighted by Crippen LogP contribution is 2.48. The molecule has 2 aliphatic heterocycles. The fraction of sp³-hybridized carbons (Fsp3) is 0.441. The van der Waals surface area contributed by atoms with Crippen LogP contribution in [0.3, 0.4) is 0 Å². The lowest BCUT2D eigenvalue weighted by Gasteiger charge is -2.32. The summed E-state index contributed by atoms with van der Waals surface area (Å²) in [7, 11) is 0. The second kappa shape index (κ2) is 12.7. The maximum Gasteiger partial charge on any atom is 0.235 e. The van der Waals surface area contributed by atoms with E-state index in [-0.39, 0.29) is 30.2 Å². The molecule has 3 aliphatic rings. The molecule has 2 aromatic carbocycles. The molecular formula is C34H39F2N5O3. The zero-order chi connectivity index (χ0) is 30.8. The maximum absolute atomic E-state index is 13.7. The van der Waals surface area contributed by atoms with Gasteiger partial charge in [-0.25, -0.2) is 13.8 Å². The highest BCUT2D eigenvalue weighted by Gasteiger charge is 2.51. The predicted molar refractivity (Wildman–Crippen MR) is 164 cm³/mol. The molecule has 1 saturated heterocycles. The average Bonchev–Trinajstić information content (AvgIpc) is 3.53. The van der Waals surface area contributed by atoms with Crippen molar-refractivity contribution in [3.8, 4) is 0 Å². The number of amides is 2. The molecule has 5 N–H and O–H groups in total. The van der Waals surface area contributed by atoms with E-state index in [9.17, 15) is 18.4 Å². The molecule has 0 bridgehead atoms. The van der Waals surface area contributed by atoms with Crippen LogP contribution in [-0.4, -0.2) is 42.6 Å². The molecule has 3 unspecified atom stereocenters. The number of benzene rings is 2. The Bertz CT molecular complexity index is 1540. The molecule has 1 aromatic heterocycles. The van der Waals surface area contributed by atoms with Crippen molar-refractivity contribution in [1.29, 1.82) is 0 Å². The molecule has 44 heavy (non-hydrogen) atoms. The van der Waals surface area contributed by atoms with E-state index in [1.165, 1.54) is 12.1 Å². The number of fused-ring (bicyclic) bond motifs is 3. The normalized spacial score (nSPS) is 20.7. The molecule has 232 valence electrons. The van der Waals surface area contributed by atoms with Gasteiger partial charge < -0.3 is 26.4 Å². The Morgan fingerprint density at radius 1 is 1.14 bits per heavy atom. The third kappa shape index (κ3) is 6.11. The van der Waals surface area contributed by atoms with Gasteiger partial charge in [-0.3, -0.25) is 9.59 Å². The first kappa shape index (κ1) is 30.3. The number of aromatic nitrogens is 1. The van der Waals surface area contributed by atoms with Crippen molar-refractivity contribution >= 4 is 23.3 Å². The molecule has 3 heterocycles. The van der Waals surface area contributed by atoms with E-state index in [1.807, 2.05) is 18.2 Å². The van der Waals surface area contributed by atoms with Gasteiger partial charge in [-0.1, -0.05) is 25.1 Å². The number of nitrogens with one attached hydrogen (secondary N) is 3. The Balaban J connectivity index is 1.09. The molecular weight excluding hydrogens is 564 g/mol. The first-order valence-corrected chi connectivity index (χ1v) is 15.5. The summed E-state index contributed by atoms with van der Waals surface area (Å²) in [6.45, 7) is 3.70. The van der Waals surface area contributed by atoms with E-state index in [2.05, 4.69) is 33.9 Å². The van der Waals surface area contributed by atoms with Crippen LogP contribution in [0.5, 0.6) is 0 Å².